The molecule has 1 aliphatic heterocycles. The molecule has 2 aromatic carbocycles. The van der Waals surface area contributed by atoms with Crippen LogP contribution in [0, 0.1) is 13.8 Å². The molecule has 0 spiro atoms. The quantitative estimate of drug-likeness (QED) is 0.833. The van der Waals surface area contributed by atoms with Crippen molar-refractivity contribution in [2.75, 3.05) is 12.3 Å². The molecule has 1 aliphatic rings. The number of nitrogens with zero attached hydrogens (tertiary/aromatic N) is 2. The molecule has 0 N–H and O–H groups in total. The molecule has 0 saturated carbocycles. The summed E-state index contributed by atoms with van der Waals surface area (Å²) in [6.07, 6.45) is 0. The molecule has 1 saturated heterocycles. The van der Waals surface area contributed by atoms with E-state index in [4.69, 9.17) is 0 Å². The number of amides is 1. The molecule has 22 heavy (non-hydrogen) atoms. The van der Waals surface area contributed by atoms with Crippen molar-refractivity contribution in [2.24, 2.45) is 4.99 Å². The van der Waals surface area contributed by atoms with E-state index in [1.54, 1.807) is 16.7 Å². The molecule has 4 heteroatoms. The summed E-state index contributed by atoms with van der Waals surface area (Å²) in [4.78, 5) is 19.1. The smallest absolute Gasteiger partial charge is 0.259 e. The number of amidine groups is 1. The van der Waals surface area contributed by atoms with Crippen molar-refractivity contribution in [3.05, 3.63) is 65.2 Å². The molecular formula is C18H18N2OS. The van der Waals surface area contributed by atoms with Gasteiger partial charge in [-0.1, -0.05) is 47.7 Å². The first-order valence-corrected chi connectivity index (χ1v) is 8.29. The molecule has 0 bridgehead atoms. The van der Waals surface area contributed by atoms with E-state index in [1.165, 1.54) is 0 Å². The Morgan fingerprint density at radius 3 is 2.55 bits per heavy atom. The fourth-order valence-electron chi connectivity index (χ4n) is 2.33. The highest BCUT2D eigenvalue weighted by Gasteiger charge is 2.26. The molecule has 1 amide bonds. The van der Waals surface area contributed by atoms with Crippen molar-refractivity contribution < 1.29 is 4.79 Å². The summed E-state index contributed by atoms with van der Waals surface area (Å²) in [5, 5.41) is 0.792. The van der Waals surface area contributed by atoms with Gasteiger partial charge in [0, 0.05) is 17.9 Å². The summed E-state index contributed by atoms with van der Waals surface area (Å²) < 4.78 is 0. The lowest BCUT2D eigenvalue weighted by Gasteiger charge is -2.16. The van der Waals surface area contributed by atoms with Crippen LogP contribution in [0.1, 0.15) is 21.5 Å². The van der Waals surface area contributed by atoms with E-state index in [-0.39, 0.29) is 5.91 Å². The fourth-order valence-corrected chi connectivity index (χ4v) is 3.28. The van der Waals surface area contributed by atoms with Crippen LogP contribution < -0.4 is 0 Å². The molecule has 112 valence electrons. The maximum absolute atomic E-state index is 12.7. The lowest BCUT2D eigenvalue weighted by molar-refractivity contribution is 0.0859. The Kier molecular flexibility index (Phi) is 4.29. The van der Waals surface area contributed by atoms with Gasteiger partial charge in [-0.15, -0.1) is 0 Å². The second-order valence-electron chi connectivity index (χ2n) is 5.35. The van der Waals surface area contributed by atoms with Crippen molar-refractivity contribution in [1.82, 2.24) is 4.90 Å². The molecule has 0 atom stereocenters. The zero-order valence-corrected chi connectivity index (χ0v) is 13.6. The second kappa shape index (κ2) is 6.36. The predicted molar refractivity (Wildman–Crippen MR) is 92.9 cm³/mol. The molecule has 0 radical (unpaired) electrons. The van der Waals surface area contributed by atoms with E-state index in [0.717, 1.165) is 27.7 Å². The van der Waals surface area contributed by atoms with Crippen molar-refractivity contribution >= 4 is 28.5 Å². The number of rotatable bonds is 2. The molecular weight excluding hydrogens is 292 g/mol. The molecule has 3 rings (SSSR count). The van der Waals surface area contributed by atoms with Crippen molar-refractivity contribution in [2.45, 2.75) is 13.8 Å². The van der Waals surface area contributed by atoms with Crippen LogP contribution in [0.3, 0.4) is 0 Å². The standard InChI is InChI=1S/C18H18N2OS/c1-13-7-9-15(10-8-13)17(21)20-11-12-22-18(20)19-16-6-4-3-5-14(16)2/h3-10H,11-12H2,1-2H3. The van der Waals surface area contributed by atoms with E-state index in [1.807, 2.05) is 62.4 Å². The Morgan fingerprint density at radius 2 is 1.82 bits per heavy atom. The van der Waals surface area contributed by atoms with Crippen molar-refractivity contribution in [3.63, 3.8) is 0 Å². The summed E-state index contributed by atoms with van der Waals surface area (Å²) in [7, 11) is 0. The van der Waals surface area contributed by atoms with Gasteiger partial charge < -0.3 is 0 Å². The van der Waals surface area contributed by atoms with Gasteiger partial charge in [0.25, 0.3) is 5.91 Å². The third kappa shape index (κ3) is 3.07. The number of carbonyl (C=O) groups is 1. The Morgan fingerprint density at radius 1 is 1.09 bits per heavy atom. The Hall–Kier alpha value is -2.07. The number of benzene rings is 2. The topological polar surface area (TPSA) is 32.7 Å². The average Bonchev–Trinajstić information content (AvgIpc) is 2.98. The van der Waals surface area contributed by atoms with Crippen LogP contribution in [0.2, 0.25) is 0 Å². The highest BCUT2D eigenvalue weighted by molar-refractivity contribution is 8.14. The first-order valence-electron chi connectivity index (χ1n) is 7.31. The molecule has 1 heterocycles. The van der Waals surface area contributed by atoms with E-state index in [9.17, 15) is 4.79 Å². The molecule has 0 aromatic heterocycles. The summed E-state index contributed by atoms with van der Waals surface area (Å²) in [6.45, 7) is 4.76. The number of aryl methyl sites for hydroxylation is 2. The van der Waals surface area contributed by atoms with Gasteiger partial charge in [-0.2, -0.15) is 0 Å². The van der Waals surface area contributed by atoms with Gasteiger partial charge in [-0.3, -0.25) is 9.69 Å². The first kappa shape index (κ1) is 14.9. The van der Waals surface area contributed by atoms with Crippen molar-refractivity contribution in [1.29, 1.82) is 0 Å². The Bertz CT molecular complexity index is 722. The zero-order valence-electron chi connectivity index (χ0n) is 12.7. The van der Waals surface area contributed by atoms with Crippen LogP contribution in [0.5, 0.6) is 0 Å². The lowest BCUT2D eigenvalue weighted by atomic mass is 10.1. The number of aliphatic imine (C=N–C) groups is 1. The predicted octanol–water partition coefficient (Wildman–Crippen LogP) is 4.18. The summed E-state index contributed by atoms with van der Waals surface area (Å²) in [5.74, 6) is 0.916. The third-order valence-corrected chi connectivity index (χ3v) is 4.61. The normalized spacial score (nSPS) is 16.3. The number of hydrogen-bond donors (Lipinski definition) is 0. The van der Waals surface area contributed by atoms with Crippen LogP contribution in [0.15, 0.2) is 53.5 Å². The minimum absolute atomic E-state index is 0.0253. The van der Waals surface area contributed by atoms with Crippen LogP contribution >= 0.6 is 11.8 Å². The van der Waals surface area contributed by atoms with Crippen molar-refractivity contribution in [3.8, 4) is 0 Å². The number of para-hydroxylation sites is 1. The van der Waals surface area contributed by atoms with Crippen LogP contribution in [-0.4, -0.2) is 28.3 Å². The van der Waals surface area contributed by atoms with Gasteiger partial charge >= 0.3 is 0 Å². The first-order chi connectivity index (χ1) is 10.6. The minimum Gasteiger partial charge on any atom is -0.286 e. The number of thioether (sulfide) groups is 1. The summed E-state index contributed by atoms with van der Waals surface area (Å²) in [6, 6.07) is 15.7. The van der Waals surface area contributed by atoms with Gasteiger partial charge in [-0.25, -0.2) is 4.99 Å². The van der Waals surface area contributed by atoms with Gasteiger partial charge in [0.05, 0.1) is 5.69 Å². The SMILES string of the molecule is Cc1ccc(C(=O)N2CCSC2=Nc2ccccc2C)cc1. The fraction of sp³-hybridized carbons (Fsp3) is 0.222. The maximum atomic E-state index is 12.7. The number of carbonyl (C=O) groups excluding carboxylic acids is 1. The maximum Gasteiger partial charge on any atom is 0.259 e. The van der Waals surface area contributed by atoms with Crippen LogP contribution in [0.4, 0.5) is 5.69 Å². The van der Waals surface area contributed by atoms with Gasteiger partial charge in [0.15, 0.2) is 5.17 Å². The number of hydrogen-bond acceptors (Lipinski definition) is 3. The van der Waals surface area contributed by atoms with Crippen LogP contribution in [0.25, 0.3) is 0 Å². The Labute approximate surface area is 135 Å². The molecule has 0 aliphatic carbocycles. The Balaban J connectivity index is 1.88. The highest BCUT2D eigenvalue weighted by Crippen LogP contribution is 2.26. The summed E-state index contributed by atoms with van der Waals surface area (Å²) in [5.41, 5.74) is 3.91. The van der Waals surface area contributed by atoms with Gasteiger partial charge in [0.1, 0.15) is 0 Å². The monoisotopic (exact) mass is 310 g/mol. The molecule has 0 unspecified atom stereocenters. The lowest BCUT2D eigenvalue weighted by Crippen LogP contribution is -2.31. The van der Waals surface area contributed by atoms with E-state index >= 15 is 0 Å². The third-order valence-electron chi connectivity index (χ3n) is 3.65. The molecule has 1 fully saturated rings. The van der Waals surface area contributed by atoms with Crippen LogP contribution in [-0.2, 0) is 0 Å². The molecule has 2 aromatic rings. The second-order valence-corrected chi connectivity index (χ2v) is 6.41. The van der Waals surface area contributed by atoms with E-state index < -0.39 is 0 Å². The minimum atomic E-state index is 0.0253. The van der Waals surface area contributed by atoms with E-state index in [2.05, 4.69) is 4.99 Å². The van der Waals surface area contributed by atoms with Gasteiger partial charge in [0.2, 0.25) is 0 Å². The summed E-state index contributed by atoms with van der Waals surface area (Å²) >= 11 is 1.64. The van der Waals surface area contributed by atoms with E-state index in [0.29, 0.717) is 12.1 Å². The largest absolute Gasteiger partial charge is 0.286 e. The van der Waals surface area contributed by atoms with Gasteiger partial charge in [-0.05, 0) is 37.6 Å². The average molecular weight is 310 g/mol. The highest BCUT2D eigenvalue weighted by atomic mass is 32.2. The zero-order chi connectivity index (χ0) is 15.5. The molecule has 3 nitrogen and oxygen atoms in total.